The van der Waals surface area contributed by atoms with Gasteiger partial charge in [0, 0.05) is 11.6 Å². The fraction of sp³-hybridized carbons (Fsp3) is 0.400. The molecule has 1 amide bonds. The number of hydrogen-bond donors (Lipinski definition) is 1. The van der Waals surface area contributed by atoms with Gasteiger partial charge in [0.2, 0.25) is 5.91 Å². The zero-order valence-corrected chi connectivity index (χ0v) is 14.0. The van der Waals surface area contributed by atoms with E-state index in [0.29, 0.717) is 10.9 Å². The molecule has 1 aromatic heterocycles. The monoisotopic (exact) mass is 320 g/mol. The molecular weight excluding hydrogens is 300 g/mol. The first-order chi connectivity index (χ1) is 10.4. The molecule has 1 N–H and O–H groups in total. The number of carbonyl (C=O) groups is 1. The zero-order chi connectivity index (χ0) is 16.2. The van der Waals surface area contributed by atoms with Gasteiger partial charge in [-0.3, -0.25) is 9.36 Å². The van der Waals surface area contributed by atoms with Crippen LogP contribution in [0.15, 0.2) is 35.7 Å². The van der Waals surface area contributed by atoms with Crippen molar-refractivity contribution in [3.8, 4) is 11.4 Å². The van der Waals surface area contributed by atoms with Crippen molar-refractivity contribution >= 4 is 17.7 Å². The van der Waals surface area contributed by atoms with E-state index in [1.807, 2.05) is 49.6 Å². The van der Waals surface area contributed by atoms with Crippen molar-refractivity contribution in [2.45, 2.75) is 31.5 Å². The van der Waals surface area contributed by atoms with Crippen molar-refractivity contribution < 1.29 is 9.53 Å². The third-order valence-corrected chi connectivity index (χ3v) is 3.64. The summed E-state index contributed by atoms with van der Waals surface area (Å²) in [5, 5.41) is 11.6. The molecule has 1 aromatic carbocycles. The summed E-state index contributed by atoms with van der Waals surface area (Å²) in [5.74, 6) is 1.02. The van der Waals surface area contributed by atoms with E-state index in [9.17, 15) is 4.79 Å². The first-order valence-corrected chi connectivity index (χ1v) is 7.86. The van der Waals surface area contributed by atoms with Crippen LogP contribution in [0.3, 0.4) is 0 Å². The molecule has 0 saturated heterocycles. The van der Waals surface area contributed by atoms with E-state index < -0.39 is 0 Å². The predicted octanol–water partition coefficient (Wildman–Crippen LogP) is 2.28. The van der Waals surface area contributed by atoms with Gasteiger partial charge in [-0.15, -0.1) is 10.2 Å². The molecule has 118 valence electrons. The van der Waals surface area contributed by atoms with Crippen LogP contribution in [0, 0.1) is 0 Å². The number of nitrogens with one attached hydrogen (secondary N) is 1. The van der Waals surface area contributed by atoms with E-state index in [2.05, 4.69) is 15.5 Å². The Labute approximate surface area is 134 Å². The SMILES string of the molecule is COc1cccc(-n2cnnc2SCC(=O)NC(C)(C)C)c1. The summed E-state index contributed by atoms with van der Waals surface area (Å²) in [4.78, 5) is 11.9. The maximum atomic E-state index is 11.9. The van der Waals surface area contributed by atoms with Gasteiger partial charge in [0.05, 0.1) is 18.6 Å². The highest BCUT2D eigenvalue weighted by Crippen LogP contribution is 2.22. The summed E-state index contributed by atoms with van der Waals surface area (Å²) in [7, 11) is 1.62. The van der Waals surface area contributed by atoms with Crippen LogP contribution in [0.2, 0.25) is 0 Å². The van der Waals surface area contributed by atoms with Crippen LogP contribution in [0.4, 0.5) is 0 Å². The van der Waals surface area contributed by atoms with Gasteiger partial charge in [-0.2, -0.15) is 0 Å². The standard InChI is InChI=1S/C15H20N4O2S/c1-15(2,3)17-13(20)9-22-14-18-16-10-19(14)11-6-5-7-12(8-11)21-4/h5-8,10H,9H2,1-4H3,(H,17,20). The fourth-order valence-electron chi connectivity index (χ4n) is 1.84. The Morgan fingerprint density at radius 1 is 1.41 bits per heavy atom. The molecule has 0 fully saturated rings. The van der Waals surface area contributed by atoms with E-state index in [4.69, 9.17) is 4.74 Å². The van der Waals surface area contributed by atoms with Gasteiger partial charge < -0.3 is 10.1 Å². The lowest BCUT2D eigenvalue weighted by molar-refractivity contribution is -0.119. The quantitative estimate of drug-likeness (QED) is 0.856. The lowest BCUT2D eigenvalue weighted by Gasteiger charge is -2.20. The Bertz CT molecular complexity index is 649. The predicted molar refractivity (Wildman–Crippen MR) is 86.5 cm³/mol. The van der Waals surface area contributed by atoms with Gasteiger partial charge >= 0.3 is 0 Å². The minimum atomic E-state index is -0.238. The molecule has 22 heavy (non-hydrogen) atoms. The number of methoxy groups -OCH3 is 1. The van der Waals surface area contributed by atoms with Gasteiger partial charge in [0.15, 0.2) is 5.16 Å². The van der Waals surface area contributed by atoms with Crippen LogP contribution in [0.25, 0.3) is 5.69 Å². The van der Waals surface area contributed by atoms with Gasteiger partial charge in [-0.25, -0.2) is 0 Å². The van der Waals surface area contributed by atoms with E-state index in [-0.39, 0.29) is 11.4 Å². The average molecular weight is 320 g/mol. The molecular formula is C15H20N4O2S. The average Bonchev–Trinajstić information content (AvgIpc) is 2.92. The Balaban J connectivity index is 2.08. The lowest BCUT2D eigenvalue weighted by atomic mass is 10.1. The smallest absolute Gasteiger partial charge is 0.230 e. The lowest BCUT2D eigenvalue weighted by Crippen LogP contribution is -2.41. The third-order valence-electron chi connectivity index (χ3n) is 2.69. The van der Waals surface area contributed by atoms with Crippen LogP contribution in [0.1, 0.15) is 20.8 Å². The van der Waals surface area contributed by atoms with Gasteiger partial charge in [-0.05, 0) is 32.9 Å². The molecule has 6 nitrogen and oxygen atoms in total. The zero-order valence-electron chi connectivity index (χ0n) is 13.2. The second kappa shape index (κ2) is 6.83. The number of amides is 1. The third kappa shape index (κ3) is 4.49. The Hall–Kier alpha value is -2.02. The van der Waals surface area contributed by atoms with Gasteiger partial charge in [-0.1, -0.05) is 17.8 Å². The number of ether oxygens (including phenoxy) is 1. The first kappa shape index (κ1) is 16.4. The maximum absolute atomic E-state index is 11.9. The highest BCUT2D eigenvalue weighted by Gasteiger charge is 2.15. The van der Waals surface area contributed by atoms with Crippen molar-refractivity contribution in [3.05, 3.63) is 30.6 Å². The molecule has 0 radical (unpaired) electrons. The van der Waals surface area contributed by atoms with Crippen LogP contribution in [0.5, 0.6) is 5.75 Å². The molecule has 2 aromatic rings. The number of carbonyl (C=O) groups excluding carboxylic acids is 1. The topological polar surface area (TPSA) is 69.0 Å². The fourth-order valence-corrected chi connectivity index (χ4v) is 2.57. The van der Waals surface area contributed by atoms with Crippen LogP contribution >= 0.6 is 11.8 Å². The molecule has 2 rings (SSSR count). The Kier molecular flexibility index (Phi) is 5.07. The number of aromatic nitrogens is 3. The van der Waals surface area contributed by atoms with Crippen molar-refractivity contribution in [2.24, 2.45) is 0 Å². The van der Waals surface area contributed by atoms with Crippen molar-refractivity contribution in [1.82, 2.24) is 20.1 Å². The molecule has 0 atom stereocenters. The summed E-state index contributed by atoms with van der Waals surface area (Å²) >= 11 is 1.35. The largest absolute Gasteiger partial charge is 0.497 e. The minimum absolute atomic E-state index is 0.0299. The van der Waals surface area contributed by atoms with Gasteiger partial charge in [0.1, 0.15) is 12.1 Å². The highest BCUT2D eigenvalue weighted by molar-refractivity contribution is 7.99. The number of benzene rings is 1. The molecule has 0 unspecified atom stereocenters. The summed E-state index contributed by atoms with van der Waals surface area (Å²) in [5.41, 5.74) is 0.654. The summed E-state index contributed by atoms with van der Waals surface area (Å²) in [6.45, 7) is 5.86. The molecule has 0 bridgehead atoms. The highest BCUT2D eigenvalue weighted by atomic mass is 32.2. The Morgan fingerprint density at radius 3 is 2.86 bits per heavy atom. The maximum Gasteiger partial charge on any atom is 0.230 e. The molecule has 0 aliphatic rings. The number of rotatable bonds is 5. The minimum Gasteiger partial charge on any atom is -0.497 e. The molecule has 0 aliphatic carbocycles. The first-order valence-electron chi connectivity index (χ1n) is 6.87. The van der Waals surface area contributed by atoms with E-state index in [1.165, 1.54) is 11.8 Å². The molecule has 0 spiro atoms. The normalized spacial score (nSPS) is 11.3. The molecule has 0 saturated carbocycles. The molecule has 1 heterocycles. The second-order valence-corrected chi connectivity index (χ2v) is 6.71. The van der Waals surface area contributed by atoms with Crippen LogP contribution < -0.4 is 10.1 Å². The van der Waals surface area contributed by atoms with Crippen LogP contribution in [-0.2, 0) is 4.79 Å². The van der Waals surface area contributed by atoms with Gasteiger partial charge in [0.25, 0.3) is 0 Å². The van der Waals surface area contributed by atoms with Crippen molar-refractivity contribution in [2.75, 3.05) is 12.9 Å². The van der Waals surface area contributed by atoms with Crippen LogP contribution in [-0.4, -0.2) is 39.1 Å². The number of thioether (sulfide) groups is 1. The number of hydrogen-bond acceptors (Lipinski definition) is 5. The summed E-state index contributed by atoms with van der Waals surface area (Å²) in [6.07, 6.45) is 1.62. The molecule has 0 aliphatic heterocycles. The van der Waals surface area contributed by atoms with E-state index in [1.54, 1.807) is 13.4 Å². The second-order valence-electron chi connectivity index (χ2n) is 5.77. The van der Waals surface area contributed by atoms with E-state index in [0.717, 1.165) is 11.4 Å². The van der Waals surface area contributed by atoms with E-state index >= 15 is 0 Å². The summed E-state index contributed by atoms with van der Waals surface area (Å²) < 4.78 is 7.05. The summed E-state index contributed by atoms with van der Waals surface area (Å²) in [6, 6.07) is 7.60. The number of nitrogens with zero attached hydrogens (tertiary/aromatic N) is 3. The molecule has 7 heteroatoms. The van der Waals surface area contributed by atoms with Crippen molar-refractivity contribution in [1.29, 1.82) is 0 Å². The van der Waals surface area contributed by atoms with Crippen molar-refractivity contribution in [3.63, 3.8) is 0 Å². The Morgan fingerprint density at radius 2 is 2.18 bits per heavy atom.